The second kappa shape index (κ2) is 4.12. The monoisotopic (exact) mass is 252 g/mol. The van der Waals surface area contributed by atoms with E-state index in [-0.39, 0.29) is 18.2 Å². The van der Waals surface area contributed by atoms with Crippen molar-refractivity contribution >= 4 is 11.9 Å². The third-order valence-corrected chi connectivity index (χ3v) is 2.96. The smallest absolute Gasteiger partial charge is 0.375 e. The summed E-state index contributed by atoms with van der Waals surface area (Å²) in [6, 6.07) is 0. The normalized spacial score (nSPS) is 15.4. The predicted octanol–water partition coefficient (Wildman–Crippen LogP) is 1.30. The van der Waals surface area contributed by atoms with Crippen molar-refractivity contribution in [3.8, 4) is 0 Å². The van der Waals surface area contributed by atoms with Crippen LogP contribution in [0.4, 0.5) is 0 Å². The van der Waals surface area contributed by atoms with Gasteiger partial charge in [0.25, 0.3) is 0 Å². The van der Waals surface area contributed by atoms with Crippen molar-refractivity contribution in [1.29, 1.82) is 0 Å². The van der Waals surface area contributed by atoms with Crippen molar-refractivity contribution in [2.24, 2.45) is 5.41 Å². The molecule has 1 N–H and O–H groups in total. The quantitative estimate of drug-likeness (QED) is 0.814. The molecule has 0 aromatic carbocycles. The molecule has 1 aromatic rings. The number of hydrogen-bond donors (Lipinski definition) is 1. The molecule has 0 fully saturated rings. The second-order valence-electron chi connectivity index (χ2n) is 5.47. The van der Waals surface area contributed by atoms with Crippen molar-refractivity contribution in [2.45, 2.75) is 33.7 Å². The molecule has 0 saturated carbocycles. The van der Waals surface area contributed by atoms with Crippen molar-refractivity contribution < 1.29 is 19.2 Å². The van der Waals surface area contributed by atoms with Crippen molar-refractivity contribution in [1.82, 2.24) is 10.1 Å². The Labute approximate surface area is 105 Å². The molecule has 6 heteroatoms. The fraction of sp³-hybridized carbons (Fsp3) is 0.583. The van der Waals surface area contributed by atoms with Crippen LogP contribution in [0.2, 0.25) is 0 Å². The topological polar surface area (TPSA) is 83.6 Å². The largest absolute Gasteiger partial charge is 0.475 e. The number of carbonyl (C=O) groups excluding carboxylic acids is 1. The molecule has 0 saturated heterocycles. The van der Waals surface area contributed by atoms with Gasteiger partial charge in [-0.1, -0.05) is 25.9 Å². The Bertz CT molecular complexity index is 499. The Kier molecular flexibility index (Phi) is 2.88. The molecule has 1 aromatic heterocycles. The van der Waals surface area contributed by atoms with E-state index in [0.29, 0.717) is 24.2 Å². The zero-order valence-electron chi connectivity index (χ0n) is 10.7. The van der Waals surface area contributed by atoms with E-state index in [1.54, 1.807) is 4.90 Å². The molecule has 0 atom stereocenters. The third-order valence-electron chi connectivity index (χ3n) is 2.96. The van der Waals surface area contributed by atoms with Crippen molar-refractivity contribution in [3.63, 3.8) is 0 Å². The van der Waals surface area contributed by atoms with E-state index in [1.807, 2.05) is 20.8 Å². The third kappa shape index (κ3) is 2.10. The summed E-state index contributed by atoms with van der Waals surface area (Å²) >= 11 is 0. The van der Waals surface area contributed by atoms with Crippen LogP contribution in [0, 0.1) is 5.41 Å². The van der Waals surface area contributed by atoms with Gasteiger partial charge in [0.1, 0.15) is 0 Å². The first-order chi connectivity index (χ1) is 8.30. The van der Waals surface area contributed by atoms with E-state index in [0.717, 1.165) is 0 Å². The lowest BCUT2D eigenvalue weighted by Gasteiger charge is -2.31. The van der Waals surface area contributed by atoms with Crippen LogP contribution in [0.15, 0.2) is 4.52 Å². The molecule has 1 aliphatic heterocycles. The van der Waals surface area contributed by atoms with Gasteiger partial charge < -0.3 is 14.5 Å². The standard InChI is InChI=1S/C12H16N2O4/c1-12(2,3)11(17)14-5-4-8-7(6-14)9(10(15)16)18-13-8/h4-6H2,1-3H3,(H,15,16). The minimum absolute atomic E-state index is 0.00527. The van der Waals surface area contributed by atoms with E-state index in [1.165, 1.54) is 0 Å². The average molecular weight is 252 g/mol. The predicted molar refractivity (Wildman–Crippen MR) is 62.0 cm³/mol. The van der Waals surface area contributed by atoms with Crippen LogP contribution in [0.25, 0.3) is 0 Å². The summed E-state index contributed by atoms with van der Waals surface area (Å²) in [5, 5.41) is 12.7. The lowest BCUT2D eigenvalue weighted by atomic mass is 9.93. The lowest BCUT2D eigenvalue weighted by Crippen LogP contribution is -2.42. The number of nitrogens with zero attached hydrogens (tertiary/aromatic N) is 2. The van der Waals surface area contributed by atoms with Gasteiger partial charge in [0.2, 0.25) is 11.7 Å². The first-order valence-electron chi connectivity index (χ1n) is 5.81. The van der Waals surface area contributed by atoms with Crippen LogP contribution in [0.3, 0.4) is 0 Å². The maximum Gasteiger partial charge on any atom is 0.375 e. The molecule has 6 nitrogen and oxygen atoms in total. The molecule has 18 heavy (non-hydrogen) atoms. The molecule has 0 unspecified atom stereocenters. The maximum absolute atomic E-state index is 12.2. The van der Waals surface area contributed by atoms with E-state index >= 15 is 0 Å². The fourth-order valence-electron chi connectivity index (χ4n) is 2.03. The molecule has 2 heterocycles. The number of amides is 1. The van der Waals surface area contributed by atoms with Gasteiger partial charge in [-0.15, -0.1) is 0 Å². The van der Waals surface area contributed by atoms with Crippen molar-refractivity contribution in [3.05, 3.63) is 17.0 Å². The number of carboxylic acids is 1. The Morgan fingerprint density at radius 2 is 2.06 bits per heavy atom. The number of carbonyl (C=O) groups is 2. The Morgan fingerprint density at radius 1 is 1.39 bits per heavy atom. The van der Waals surface area contributed by atoms with Crippen LogP contribution in [0.5, 0.6) is 0 Å². The second-order valence-corrected chi connectivity index (χ2v) is 5.47. The van der Waals surface area contributed by atoms with Gasteiger partial charge in [0.05, 0.1) is 12.2 Å². The lowest BCUT2D eigenvalue weighted by molar-refractivity contribution is -0.140. The highest BCUT2D eigenvalue weighted by Gasteiger charge is 2.33. The van der Waals surface area contributed by atoms with Crippen molar-refractivity contribution in [2.75, 3.05) is 6.54 Å². The van der Waals surface area contributed by atoms with Gasteiger partial charge in [0.15, 0.2) is 0 Å². The molecular formula is C12H16N2O4. The summed E-state index contributed by atoms with van der Waals surface area (Å²) in [4.78, 5) is 24.8. The van der Waals surface area contributed by atoms with Crippen LogP contribution < -0.4 is 0 Å². The minimum Gasteiger partial charge on any atom is -0.475 e. The summed E-state index contributed by atoms with van der Waals surface area (Å²) in [7, 11) is 0. The van der Waals surface area contributed by atoms with Crippen LogP contribution >= 0.6 is 0 Å². The number of carboxylic acid groups (broad SMARTS) is 1. The van der Waals surface area contributed by atoms with E-state index in [4.69, 9.17) is 9.63 Å². The summed E-state index contributed by atoms with van der Waals surface area (Å²) in [5.74, 6) is -1.30. The molecule has 1 aliphatic rings. The Hall–Kier alpha value is -1.85. The zero-order valence-corrected chi connectivity index (χ0v) is 10.7. The molecule has 2 rings (SSSR count). The SMILES string of the molecule is CC(C)(C)C(=O)N1CCc2noc(C(=O)O)c2C1. The Morgan fingerprint density at radius 3 is 2.61 bits per heavy atom. The minimum atomic E-state index is -1.14. The summed E-state index contributed by atoms with van der Waals surface area (Å²) in [5.41, 5.74) is 0.689. The van der Waals surface area contributed by atoms with Crippen LogP contribution in [-0.2, 0) is 17.8 Å². The molecule has 1 amide bonds. The first kappa shape index (κ1) is 12.6. The fourth-order valence-corrected chi connectivity index (χ4v) is 2.03. The molecule has 0 aliphatic carbocycles. The molecule has 0 radical (unpaired) electrons. The van der Waals surface area contributed by atoms with E-state index in [2.05, 4.69) is 5.16 Å². The average Bonchev–Trinajstić information content (AvgIpc) is 2.69. The van der Waals surface area contributed by atoms with Gasteiger partial charge in [-0.25, -0.2) is 4.79 Å². The number of rotatable bonds is 1. The highest BCUT2D eigenvalue weighted by molar-refractivity contribution is 5.87. The number of aromatic nitrogens is 1. The highest BCUT2D eigenvalue weighted by atomic mass is 16.5. The Balaban J connectivity index is 2.26. The number of aromatic carboxylic acids is 1. The van der Waals surface area contributed by atoms with Crippen LogP contribution in [-0.4, -0.2) is 33.6 Å². The molecular weight excluding hydrogens is 236 g/mol. The van der Waals surface area contributed by atoms with E-state index in [9.17, 15) is 9.59 Å². The van der Waals surface area contributed by atoms with Gasteiger partial charge >= 0.3 is 5.97 Å². The summed E-state index contributed by atoms with van der Waals surface area (Å²) < 4.78 is 4.81. The number of hydrogen-bond acceptors (Lipinski definition) is 4. The van der Waals surface area contributed by atoms with Crippen LogP contribution in [0.1, 0.15) is 42.6 Å². The van der Waals surface area contributed by atoms with Gasteiger partial charge in [0, 0.05) is 23.9 Å². The number of fused-ring (bicyclic) bond motifs is 1. The van der Waals surface area contributed by atoms with Gasteiger partial charge in [-0.05, 0) is 0 Å². The summed E-state index contributed by atoms with van der Waals surface area (Å²) in [6.07, 6.45) is 0.536. The highest BCUT2D eigenvalue weighted by Crippen LogP contribution is 2.26. The zero-order chi connectivity index (χ0) is 13.5. The summed E-state index contributed by atoms with van der Waals surface area (Å²) in [6.45, 7) is 6.34. The van der Waals surface area contributed by atoms with Gasteiger partial charge in [-0.3, -0.25) is 4.79 Å². The van der Waals surface area contributed by atoms with Gasteiger partial charge in [-0.2, -0.15) is 0 Å². The van der Waals surface area contributed by atoms with E-state index < -0.39 is 11.4 Å². The first-order valence-corrected chi connectivity index (χ1v) is 5.81. The maximum atomic E-state index is 12.2. The molecule has 98 valence electrons. The molecule has 0 spiro atoms. The molecule has 0 bridgehead atoms.